The molecule has 1 aromatic heterocycles. The van der Waals surface area contributed by atoms with Crippen molar-refractivity contribution in [1.82, 2.24) is 4.98 Å². The average Bonchev–Trinajstić information content (AvgIpc) is 3.06. The Morgan fingerprint density at radius 1 is 1.45 bits per heavy atom. The number of ether oxygens (including phenoxy) is 2. The highest BCUT2D eigenvalue weighted by molar-refractivity contribution is 5.92. The summed E-state index contributed by atoms with van der Waals surface area (Å²) in [5.74, 6) is -0.284. The van der Waals surface area contributed by atoms with Gasteiger partial charge in [-0.3, -0.25) is 9.78 Å². The van der Waals surface area contributed by atoms with Crippen LogP contribution in [0.15, 0.2) is 30.3 Å². The fourth-order valence-electron chi connectivity index (χ4n) is 2.72. The molecule has 0 amide bonds. The molecule has 5 nitrogen and oxygen atoms in total. The van der Waals surface area contributed by atoms with Gasteiger partial charge in [-0.05, 0) is 25.0 Å². The lowest BCUT2D eigenvalue weighted by atomic mass is 10.1. The van der Waals surface area contributed by atoms with E-state index in [4.69, 9.17) is 9.47 Å². The molecule has 1 unspecified atom stereocenters. The maximum Gasteiger partial charge on any atom is 0.311 e. The standard InChI is InChI=1S/C17H20N2O3/c1-21-17(20)10-12-9-16(18-11-13-5-4-8-22-13)14-6-2-3-7-15(14)19-12/h2-3,6-7,9,13H,4-5,8,10-11H2,1H3,(H,18,19). The van der Waals surface area contributed by atoms with E-state index in [1.54, 1.807) is 0 Å². The lowest BCUT2D eigenvalue weighted by Gasteiger charge is -2.15. The Hall–Kier alpha value is -2.14. The third kappa shape index (κ3) is 3.36. The second kappa shape index (κ2) is 6.75. The summed E-state index contributed by atoms with van der Waals surface area (Å²) in [6.07, 6.45) is 2.65. The second-order valence-corrected chi connectivity index (χ2v) is 5.45. The molecule has 1 saturated heterocycles. The van der Waals surface area contributed by atoms with E-state index in [1.165, 1.54) is 7.11 Å². The number of fused-ring (bicyclic) bond motifs is 1. The number of carbonyl (C=O) groups excluding carboxylic acids is 1. The summed E-state index contributed by atoms with van der Waals surface area (Å²) >= 11 is 0. The first-order valence-electron chi connectivity index (χ1n) is 7.57. The number of benzene rings is 1. The maximum atomic E-state index is 11.5. The van der Waals surface area contributed by atoms with Gasteiger partial charge in [0.05, 0.1) is 30.8 Å². The Kier molecular flexibility index (Phi) is 4.53. The van der Waals surface area contributed by atoms with E-state index in [-0.39, 0.29) is 18.5 Å². The van der Waals surface area contributed by atoms with Crippen LogP contribution in [0, 0.1) is 0 Å². The average molecular weight is 300 g/mol. The molecule has 1 N–H and O–H groups in total. The van der Waals surface area contributed by atoms with Gasteiger partial charge in [-0.25, -0.2) is 0 Å². The Morgan fingerprint density at radius 2 is 2.32 bits per heavy atom. The molecule has 0 aliphatic carbocycles. The van der Waals surface area contributed by atoms with Gasteiger partial charge < -0.3 is 14.8 Å². The van der Waals surface area contributed by atoms with Crippen LogP contribution in [0.25, 0.3) is 10.9 Å². The highest BCUT2D eigenvalue weighted by Gasteiger charge is 2.16. The molecule has 5 heteroatoms. The number of methoxy groups -OCH3 is 1. The van der Waals surface area contributed by atoms with E-state index in [9.17, 15) is 4.79 Å². The zero-order chi connectivity index (χ0) is 15.4. The molecule has 0 saturated carbocycles. The van der Waals surface area contributed by atoms with Crippen molar-refractivity contribution in [3.63, 3.8) is 0 Å². The number of para-hydroxylation sites is 1. The Morgan fingerprint density at radius 3 is 3.09 bits per heavy atom. The van der Waals surface area contributed by atoms with E-state index >= 15 is 0 Å². The fraction of sp³-hybridized carbons (Fsp3) is 0.412. The van der Waals surface area contributed by atoms with Crippen molar-refractivity contribution in [2.24, 2.45) is 0 Å². The molecular weight excluding hydrogens is 280 g/mol. The van der Waals surface area contributed by atoms with Crippen LogP contribution in [0.4, 0.5) is 5.69 Å². The van der Waals surface area contributed by atoms with Crippen molar-refractivity contribution in [2.75, 3.05) is 25.6 Å². The molecule has 2 aromatic rings. The minimum absolute atomic E-state index is 0.177. The third-order valence-corrected chi connectivity index (χ3v) is 3.87. The zero-order valence-corrected chi connectivity index (χ0v) is 12.7. The van der Waals surface area contributed by atoms with Gasteiger partial charge in [-0.1, -0.05) is 18.2 Å². The van der Waals surface area contributed by atoms with Crippen molar-refractivity contribution < 1.29 is 14.3 Å². The van der Waals surface area contributed by atoms with E-state index in [0.717, 1.165) is 42.6 Å². The van der Waals surface area contributed by atoms with Crippen LogP contribution in [0.5, 0.6) is 0 Å². The monoisotopic (exact) mass is 300 g/mol. The fourth-order valence-corrected chi connectivity index (χ4v) is 2.72. The molecule has 3 rings (SSSR count). The van der Waals surface area contributed by atoms with Gasteiger partial charge in [0.15, 0.2) is 0 Å². The number of esters is 1. The summed E-state index contributed by atoms with van der Waals surface area (Å²) in [7, 11) is 1.39. The third-order valence-electron chi connectivity index (χ3n) is 3.87. The number of hydrogen-bond donors (Lipinski definition) is 1. The number of pyridine rings is 1. The summed E-state index contributed by atoms with van der Waals surface area (Å²) in [5, 5.41) is 4.49. The first kappa shape index (κ1) is 14.8. The van der Waals surface area contributed by atoms with Crippen LogP contribution >= 0.6 is 0 Å². The molecule has 0 radical (unpaired) electrons. The predicted molar refractivity (Wildman–Crippen MR) is 84.9 cm³/mol. The van der Waals surface area contributed by atoms with Gasteiger partial charge in [-0.15, -0.1) is 0 Å². The molecule has 1 aromatic carbocycles. The molecule has 116 valence electrons. The minimum atomic E-state index is -0.284. The van der Waals surface area contributed by atoms with E-state index in [1.807, 2.05) is 30.3 Å². The molecule has 1 aliphatic rings. The number of nitrogens with zero attached hydrogens (tertiary/aromatic N) is 1. The van der Waals surface area contributed by atoms with Crippen LogP contribution in [0.1, 0.15) is 18.5 Å². The summed E-state index contributed by atoms with van der Waals surface area (Å²) in [5.41, 5.74) is 2.57. The van der Waals surface area contributed by atoms with Gasteiger partial charge in [-0.2, -0.15) is 0 Å². The van der Waals surface area contributed by atoms with E-state index < -0.39 is 0 Å². The van der Waals surface area contributed by atoms with Crippen molar-refractivity contribution >= 4 is 22.6 Å². The molecule has 22 heavy (non-hydrogen) atoms. The zero-order valence-electron chi connectivity index (χ0n) is 12.7. The molecule has 1 atom stereocenters. The molecule has 2 heterocycles. The maximum absolute atomic E-state index is 11.5. The highest BCUT2D eigenvalue weighted by Crippen LogP contribution is 2.24. The van der Waals surface area contributed by atoms with Gasteiger partial charge in [0.25, 0.3) is 0 Å². The first-order valence-corrected chi connectivity index (χ1v) is 7.57. The van der Waals surface area contributed by atoms with Crippen LogP contribution in [0.3, 0.4) is 0 Å². The lowest BCUT2D eigenvalue weighted by Crippen LogP contribution is -2.19. The topological polar surface area (TPSA) is 60.5 Å². The molecule has 0 spiro atoms. The minimum Gasteiger partial charge on any atom is -0.469 e. The summed E-state index contributed by atoms with van der Waals surface area (Å²) in [6.45, 7) is 1.61. The Bertz CT molecular complexity index is 666. The van der Waals surface area contributed by atoms with Crippen LogP contribution in [0.2, 0.25) is 0 Å². The number of carbonyl (C=O) groups is 1. The van der Waals surface area contributed by atoms with E-state index in [2.05, 4.69) is 10.3 Å². The quantitative estimate of drug-likeness (QED) is 0.860. The smallest absolute Gasteiger partial charge is 0.311 e. The van der Waals surface area contributed by atoms with Gasteiger partial charge >= 0.3 is 5.97 Å². The number of rotatable bonds is 5. The summed E-state index contributed by atoms with van der Waals surface area (Å²) in [6, 6.07) is 9.84. The molecule has 1 aliphatic heterocycles. The van der Waals surface area contributed by atoms with Crippen molar-refractivity contribution in [1.29, 1.82) is 0 Å². The number of aromatic nitrogens is 1. The van der Waals surface area contributed by atoms with Gasteiger partial charge in [0.2, 0.25) is 0 Å². The predicted octanol–water partition coefficient (Wildman–Crippen LogP) is 2.54. The molecule has 0 bridgehead atoms. The van der Waals surface area contributed by atoms with Crippen LogP contribution in [-0.4, -0.2) is 37.3 Å². The van der Waals surface area contributed by atoms with Crippen molar-refractivity contribution in [3.8, 4) is 0 Å². The normalized spacial score (nSPS) is 17.6. The van der Waals surface area contributed by atoms with Gasteiger partial charge in [0, 0.05) is 24.2 Å². The Labute approximate surface area is 129 Å². The van der Waals surface area contributed by atoms with Gasteiger partial charge in [0.1, 0.15) is 0 Å². The molecule has 1 fully saturated rings. The van der Waals surface area contributed by atoms with Crippen molar-refractivity contribution in [2.45, 2.75) is 25.4 Å². The van der Waals surface area contributed by atoms with Crippen molar-refractivity contribution in [3.05, 3.63) is 36.0 Å². The summed E-state index contributed by atoms with van der Waals surface area (Å²) < 4.78 is 10.4. The highest BCUT2D eigenvalue weighted by atomic mass is 16.5. The van der Waals surface area contributed by atoms with E-state index in [0.29, 0.717) is 5.69 Å². The Balaban J connectivity index is 1.86. The number of anilines is 1. The SMILES string of the molecule is COC(=O)Cc1cc(NCC2CCCO2)c2ccccc2n1. The largest absolute Gasteiger partial charge is 0.469 e. The number of hydrogen-bond acceptors (Lipinski definition) is 5. The lowest BCUT2D eigenvalue weighted by molar-refractivity contribution is -0.139. The first-order chi connectivity index (χ1) is 10.8. The van der Waals surface area contributed by atoms with Crippen LogP contribution in [-0.2, 0) is 20.7 Å². The second-order valence-electron chi connectivity index (χ2n) is 5.45. The molecular formula is C17H20N2O3. The van der Waals surface area contributed by atoms with Crippen LogP contribution < -0.4 is 5.32 Å². The summed E-state index contributed by atoms with van der Waals surface area (Å²) in [4.78, 5) is 16.0. The number of nitrogens with one attached hydrogen (secondary N) is 1.